The van der Waals surface area contributed by atoms with Crippen molar-refractivity contribution >= 4 is 23.4 Å². The molecule has 1 saturated carbocycles. The Hall–Kier alpha value is -3.62. The van der Waals surface area contributed by atoms with Gasteiger partial charge in [-0.1, -0.05) is 17.9 Å². The first-order valence-electron chi connectivity index (χ1n) is 9.83. The fourth-order valence-corrected chi connectivity index (χ4v) is 3.01. The van der Waals surface area contributed by atoms with E-state index in [1.54, 1.807) is 38.5 Å². The molecule has 1 fully saturated rings. The monoisotopic (exact) mass is 403 g/mol. The van der Waals surface area contributed by atoms with Crippen molar-refractivity contribution in [2.75, 3.05) is 24.7 Å². The molecule has 1 aromatic heterocycles. The number of carbonyl (C=O) groups is 1. The van der Waals surface area contributed by atoms with Crippen LogP contribution in [0.1, 0.15) is 30.9 Å². The number of carbonyl (C=O) groups excluding carboxylic acids is 1. The van der Waals surface area contributed by atoms with Gasteiger partial charge in [0.1, 0.15) is 5.82 Å². The smallest absolute Gasteiger partial charge is 0.237 e. The summed E-state index contributed by atoms with van der Waals surface area (Å²) >= 11 is 0. The van der Waals surface area contributed by atoms with Gasteiger partial charge in [-0.05, 0) is 45.0 Å². The van der Waals surface area contributed by atoms with Crippen molar-refractivity contribution in [2.45, 2.75) is 31.8 Å². The summed E-state index contributed by atoms with van der Waals surface area (Å²) in [4.78, 5) is 20.7. The van der Waals surface area contributed by atoms with Crippen LogP contribution in [0.15, 0.2) is 30.5 Å². The van der Waals surface area contributed by atoms with Crippen molar-refractivity contribution in [3.8, 4) is 17.9 Å². The van der Waals surface area contributed by atoms with Crippen LogP contribution in [-0.2, 0) is 4.79 Å². The van der Waals surface area contributed by atoms with E-state index in [2.05, 4.69) is 49.1 Å². The fourth-order valence-electron chi connectivity index (χ4n) is 3.01. The van der Waals surface area contributed by atoms with Crippen LogP contribution in [0.5, 0.6) is 0 Å². The van der Waals surface area contributed by atoms with Gasteiger partial charge in [-0.25, -0.2) is 4.98 Å². The molecule has 0 aliphatic heterocycles. The minimum atomic E-state index is -0.194. The van der Waals surface area contributed by atoms with E-state index in [0.717, 1.165) is 18.5 Å². The molecule has 1 aliphatic carbocycles. The van der Waals surface area contributed by atoms with Gasteiger partial charge >= 0.3 is 0 Å². The quantitative estimate of drug-likeness (QED) is 0.545. The molecular weight excluding hydrogens is 378 g/mol. The zero-order valence-corrected chi connectivity index (χ0v) is 17.3. The third kappa shape index (κ3) is 5.25. The van der Waals surface area contributed by atoms with Crippen LogP contribution in [0.3, 0.4) is 0 Å². The number of likely N-dealkylation sites (N-methyl/N-ethyl adjacent to an activating group) is 1. The Kier molecular flexibility index (Phi) is 6.84. The number of hydrogen-bond acceptors (Lipinski definition) is 7. The van der Waals surface area contributed by atoms with Gasteiger partial charge in [0.2, 0.25) is 11.9 Å². The summed E-state index contributed by atoms with van der Waals surface area (Å²) in [5.74, 6) is 7.71. The van der Waals surface area contributed by atoms with Crippen molar-refractivity contribution < 1.29 is 4.79 Å². The Morgan fingerprint density at radius 1 is 1.30 bits per heavy atom. The lowest BCUT2D eigenvalue weighted by molar-refractivity contribution is -0.124. The molecule has 1 heterocycles. The number of anilines is 3. The third-order valence-corrected chi connectivity index (χ3v) is 5.00. The molecule has 3 rings (SSSR count). The second-order valence-electron chi connectivity index (χ2n) is 7.18. The predicted molar refractivity (Wildman–Crippen MR) is 116 cm³/mol. The number of rotatable bonds is 6. The highest BCUT2D eigenvalue weighted by molar-refractivity contribution is 5.81. The van der Waals surface area contributed by atoms with Crippen molar-refractivity contribution in [2.24, 2.45) is 5.92 Å². The van der Waals surface area contributed by atoms with Crippen LogP contribution in [-0.4, -0.2) is 42.1 Å². The molecule has 0 bridgehead atoms. The maximum atomic E-state index is 11.9. The summed E-state index contributed by atoms with van der Waals surface area (Å²) in [6.45, 7) is 1.84. The first-order valence-corrected chi connectivity index (χ1v) is 9.83. The normalized spacial score (nSPS) is 18.1. The third-order valence-electron chi connectivity index (χ3n) is 5.00. The Bertz CT molecular complexity index is 1010. The van der Waals surface area contributed by atoms with Crippen molar-refractivity contribution in [1.82, 2.24) is 20.6 Å². The molecule has 154 valence electrons. The van der Waals surface area contributed by atoms with Gasteiger partial charge in [0.05, 0.1) is 29.4 Å². The van der Waals surface area contributed by atoms with E-state index in [1.807, 2.05) is 13.0 Å². The number of hydrogen-bond donors (Lipinski definition) is 4. The lowest BCUT2D eigenvalue weighted by Crippen LogP contribution is -2.49. The molecule has 1 amide bonds. The second-order valence-corrected chi connectivity index (χ2v) is 7.18. The highest BCUT2D eigenvalue weighted by Crippen LogP contribution is 2.27. The number of benzene rings is 1. The Balaban J connectivity index is 1.60. The summed E-state index contributed by atoms with van der Waals surface area (Å²) in [5.41, 5.74) is 2.02. The molecule has 8 heteroatoms. The molecule has 4 N–H and O–H groups in total. The lowest BCUT2D eigenvalue weighted by Gasteiger charge is -2.33. The summed E-state index contributed by atoms with van der Waals surface area (Å²) in [6, 6.07) is 9.22. The minimum Gasteiger partial charge on any atom is -0.372 e. The predicted octanol–water partition coefficient (Wildman–Crippen LogP) is 1.99. The van der Waals surface area contributed by atoms with Crippen LogP contribution < -0.4 is 21.3 Å². The first-order chi connectivity index (χ1) is 14.5. The Morgan fingerprint density at radius 3 is 2.80 bits per heavy atom. The molecule has 0 radical (unpaired) electrons. The van der Waals surface area contributed by atoms with Gasteiger partial charge in [0.25, 0.3) is 0 Å². The molecule has 1 aromatic carbocycles. The topological polar surface area (TPSA) is 115 Å². The molecule has 8 nitrogen and oxygen atoms in total. The van der Waals surface area contributed by atoms with Gasteiger partial charge in [-0.3, -0.25) is 4.79 Å². The van der Waals surface area contributed by atoms with Gasteiger partial charge in [0.15, 0.2) is 0 Å². The minimum absolute atomic E-state index is 0.0168. The number of nitrogens with zero attached hydrogens (tertiary/aromatic N) is 3. The number of nitrogens with one attached hydrogen (secondary N) is 4. The van der Waals surface area contributed by atoms with Gasteiger partial charge in [-0.2, -0.15) is 10.2 Å². The summed E-state index contributed by atoms with van der Waals surface area (Å²) in [5, 5.41) is 21.1. The van der Waals surface area contributed by atoms with E-state index in [1.165, 1.54) is 0 Å². The fraction of sp³-hybridized carbons (Fsp3) is 0.364. The molecular formula is C22H25N7O. The first kappa shape index (κ1) is 21.1. The van der Waals surface area contributed by atoms with E-state index in [9.17, 15) is 4.79 Å². The van der Waals surface area contributed by atoms with Crippen molar-refractivity contribution in [3.05, 3.63) is 41.6 Å². The van der Waals surface area contributed by atoms with Crippen molar-refractivity contribution in [1.29, 1.82) is 5.26 Å². The standard InChI is InChI=1S/C22H25N7O/c1-14(24-2)21(30)27-19-9-15(10-19)7-8-17-13-26-22(29-20(17)25-3)28-18-6-4-5-16(11-18)12-23/h4-6,11,13-15,19,24H,9-10H2,1-3H3,(H,27,30)(H2,25,26,28,29)/t14-,15-,19+/m0/s1. The van der Waals surface area contributed by atoms with Crippen LogP contribution >= 0.6 is 0 Å². The summed E-state index contributed by atoms with van der Waals surface area (Å²) in [6.07, 6.45) is 3.37. The van der Waals surface area contributed by atoms with Crippen LogP contribution in [0.4, 0.5) is 17.5 Å². The maximum absolute atomic E-state index is 11.9. The second kappa shape index (κ2) is 9.73. The van der Waals surface area contributed by atoms with E-state index >= 15 is 0 Å². The van der Waals surface area contributed by atoms with E-state index in [4.69, 9.17) is 5.26 Å². The molecule has 1 atom stereocenters. The zero-order chi connectivity index (χ0) is 21.5. The van der Waals surface area contributed by atoms with Gasteiger partial charge < -0.3 is 21.3 Å². The SMILES string of the molecule is CNc1nc(Nc2cccc(C#N)c2)ncc1C#C[C@H]1C[C@@H](NC(=O)[C@H](C)NC)C1. The zero-order valence-electron chi connectivity index (χ0n) is 17.3. The van der Waals surface area contributed by atoms with Crippen molar-refractivity contribution in [3.63, 3.8) is 0 Å². The maximum Gasteiger partial charge on any atom is 0.237 e. The number of amides is 1. The summed E-state index contributed by atoms with van der Waals surface area (Å²) in [7, 11) is 3.55. The average molecular weight is 403 g/mol. The molecule has 0 spiro atoms. The highest BCUT2D eigenvalue weighted by atomic mass is 16.2. The van der Waals surface area contributed by atoms with Crippen LogP contribution in [0, 0.1) is 29.1 Å². The number of aromatic nitrogens is 2. The largest absolute Gasteiger partial charge is 0.372 e. The molecule has 1 aliphatic rings. The number of nitriles is 1. The molecule has 30 heavy (non-hydrogen) atoms. The van der Waals surface area contributed by atoms with E-state index in [0.29, 0.717) is 22.9 Å². The lowest BCUT2D eigenvalue weighted by atomic mass is 9.80. The molecule has 0 unspecified atom stereocenters. The van der Waals surface area contributed by atoms with E-state index in [-0.39, 0.29) is 23.9 Å². The van der Waals surface area contributed by atoms with Crippen LogP contribution in [0.25, 0.3) is 0 Å². The highest BCUT2D eigenvalue weighted by Gasteiger charge is 2.29. The van der Waals surface area contributed by atoms with Crippen LogP contribution in [0.2, 0.25) is 0 Å². The van der Waals surface area contributed by atoms with Gasteiger partial charge in [-0.15, -0.1) is 0 Å². The van der Waals surface area contributed by atoms with Gasteiger partial charge in [0, 0.05) is 24.7 Å². The Morgan fingerprint density at radius 2 is 2.10 bits per heavy atom. The average Bonchev–Trinajstić information content (AvgIpc) is 2.74. The molecule has 2 aromatic rings. The summed E-state index contributed by atoms with van der Waals surface area (Å²) < 4.78 is 0. The Labute approximate surface area is 176 Å². The molecule has 0 saturated heterocycles. The van der Waals surface area contributed by atoms with E-state index < -0.39 is 0 Å².